The predicted molar refractivity (Wildman–Crippen MR) is 39.4 cm³/mol. The van der Waals surface area contributed by atoms with Crippen molar-refractivity contribution >= 4 is 23.7 Å². The maximum atomic E-state index is 10.5. The van der Waals surface area contributed by atoms with Crippen molar-refractivity contribution in [2.24, 2.45) is 5.73 Å². The van der Waals surface area contributed by atoms with Crippen LogP contribution in [0.2, 0.25) is 0 Å². The first-order valence-electron chi connectivity index (χ1n) is 2.96. The van der Waals surface area contributed by atoms with Crippen molar-refractivity contribution < 1.29 is 14.3 Å². The van der Waals surface area contributed by atoms with Crippen LogP contribution in [0.3, 0.4) is 0 Å². The summed E-state index contributed by atoms with van der Waals surface area (Å²) in [6.07, 6.45) is -0.295. The van der Waals surface area contributed by atoms with Crippen molar-refractivity contribution in [1.82, 2.24) is 5.32 Å². The Balaban J connectivity index is 3.30. The zero-order chi connectivity index (χ0) is 8.69. The number of carbonyl (C=O) groups is 2. The number of primary amides is 1. The summed E-state index contributed by atoms with van der Waals surface area (Å²) in [7, 11) is 0. The average Bonchev–Trinajstić information content (AvgIpc) is 1.86. The van der Waals surface area contributed by atoms with E-state index in [1.54, 1.807) is 5.32 Å². The molecule has 0 radical (unpaired) electrons. The lowest BCUT2D eigenvalue weighted by Crippen LogP contribution is -2.35. The number of carbonyl (C=O) groups excluding carboxylic acids is 2. The fourth-order valence-corrected chi connectivity index (χ4v) is 0.465. The van der Waals surface area contributed by atoms with Crippen molar-refractivity contribution in [3.63, 3.8) is 0 Å². The number of halogens is 1. The Morgan fingerprint density at radius 2 is 2.18 bits per heavy atom. The molecule has 5 nitrogen and oxygen atoms in total. The first kappa shape index (κ1) is 10.0. The van der Waals surface area contributed by atoms with Gasteiger partial charge in [0.2, 0.25) is 0 Å². The molecular formula is C5H9ClN2O3. The van der Waals surface area contributed by atoms with Crippen molar-refractivity contribution in [3.8, 4) is 0 Å². The molecule has 0 unspecified atom stereocenters. The number of urea groups is 1. The zero-order valence-corrected chi connectivity index (χ0v) is 6.56. The van der Waals surface area contributed by atoms with Gasteiger partial charge in [-0.2, -0.15) is 0 Å². The highest BCUT2D eigenvalue weighted by Gasteiger charge is 2.02. The van der Waals surface area contributed by atoms with E-state index >= 15 is 0 Å². The standard InChI is InChI=1S/C5H9ClN2O3/c6-2-1-3-11-5(10)8-4(7)9/h1-3H2,(H3,7,8,9,10). The second-order valence-electron chi connectivity index (χ2n) is 1.67. The first-order chi connectivity index (χ1) is 5.16. The van der Waals surface area contributed by atoms with E-state index in [1.807, 2.05) is 0 Å². The van der Waals surface area contributed by atoms with Crippen molar-refractivity contribution in [2.75, 3.05) is 12.5 Å². The summed E-state index contributed by atoms with van der Waals surface area (Å²) in [4.78, 5) is 20.5. The highest BCUT2D eigenvalue weighted by Crippen LogP contribution is 1.86. The average molecular weight is 181 g/mol. The summed E-state index contributed by atoms with van der Waals surface area (Å²) < 4.78 is 4.46. The summed E-state index contributed by atoms with van der Waals surface area (Å²) >= 11 is 5.29. The molecule has 0 aromatic rings. The van der Waals surface area contributed by atoms with E-state index in [9.17, 15) is 9.59 Å². The van der Waals surface area contributed by atoms with Gasteiger partial charge in [-0.3, -0.25) is 0 Å². The quantitative estimate of drug-likeness (QED) is 0.488. The summed E-state index contributed by atoms with van der Waals surface area (Å²) in [6.45, 7) is 0.183. The summed E-state index contributed by atoms with van der Waals surface area (Å²) in [5.41, 5.74) is 4.62. The Hall–Kier alpha value is -0.970. The van der Waals surface area contributed by atoms with Crippen LogP contribution >= 0.6 is 11.6 Å². The molecule has 0 atom stereocenters. The minimum atomic E-state index is -0.930. The predicted octanol–water partition coefficient (Wildman–Crippen LogP) is 0.420. The van der Waals surface area contributed by atoms with Crippen LogP contribution in [0.4, 0.5) is 9.59 Å². The Morgan fingerprint density at radius 1 is 1.55 bits per heavy atom. The zero-order valence-electron chi connectivity index (χ0n) is 5.80. The molecule has 0 spiro atoms. The maximum absolute atomic E-state index is 10.5. The minimum Gasteiger partial charge on any atom is -0.449 e. The number of alkyl halides is 1. The van der Waals surface area contributed by atoms with Crippen LogP contribution in [-0.4, -0.2) is 24.6 Å². The van der Waals surface area contributed by atoms with Crippen LogP contribution in [0.1, 0.15) is 6.42 Å². The molecule has 0 saturated carbocycles. The molecule has 0 aliphatic heterocycles. The number of hydrogen-bond acceptors (Lipinski definition) is 3. The molecule has 3 amide bonds. The Morgan fingerprint density at radius 3 is 2.64 bits per heavy atom. The molecular weight excluding hydrogens is 172 g/mol. The highest BCUT2D eigenvalue weighted by atomic mass is 35.5. The molecule has 0 rings (SSSR count). The molecule has 0 aromatic heterocycles. The van der Waals surface area contributed by atoms with Crippen LogP contribution in [0.15, 0.2) is 0 Å². The summed E-state index contributed by atoms with van der Waals surface area (Å²) in [6, 6.07) is -0.930. The van der Waals surface area contributed by atoms with Crippen LogP contribution in [0, 0.1) is 0 Å². The van der Waals surface area contributed by atoms with Crippen molar-refractivity contribution in [3.05, 3.63) is 0 Å². The lowest BCUT2D eigenvalue weighted by atomic mass is 10.5. The monoisotopic (exact) mass is 180 g/mol. The number of nitrogens with two attached hydrogens (primary N) is 1. The van der Waals surface area contributed by atoms with Gasteiger partial charge in [0.05, 0.1) is 6.61 Å². The van der Waals surface area contributed by atoms with Gasteiger partial charge in [-0.25, -0.2) is 14.9 Å². The maximum Gasteiger partial charge on any atom is 0.415 e. The highest BCUT2D eigenvalue weighted by molar-refractivity contribution is 6.17. The van der Waals surface area contributed by atoms with Crippen LogP contribution < -0.4 is 11.1 Å². The van der Waals surface area contributed by atoms with E-state index in [-0.39, 0.29) is 6.61 Å². The van der Waals surface area contributed by atoms with Gasteiger partial charge in [0.15, 0.2) is 0 Å². The third kappa shape index (κ3) is 6.92. The number of imide groups is 1. The fraction of sp³-hybridized carbons (Fsp3) is 0.600. The second-order valence-corrected chi connectivity index (χ2v) is 2.05. The van der Waals surface area contributed by atoms with E-state index in [4.69, 9.17) is 11.6 Å². The molecule has 0 fully saturated rings. The Bertz CT molecular complexity index is 151. The van der Waals surface area contributed by atoms with Gasteiger partial charge in [-0.05, 0) is 6.42 Å². The third-order valence-electron chi connectivity index (χ3n) is 0.736. The molecule has 0 saturated heterocycles. The third-order valence-corrected chi connectivity index (χ3v) is 1.00. The van der Waals surface area contributed by atoms with Gasteiger partial charge in [-0.1, -0.05) is 0 Å². The number of alkyl carbamates (subject to hydrolysis) is 1. The summed E-state index contributed by atoms with van der Waals surface area (Å²) in [5, 5.41) is 1.74. The Labute approximate surface area is 68.8 Å². The number of ether oxygens (including phenoxy) is 1. The second kappa shape index (κ2) is 5.79. The van der Waals surface area contributed by atoms with Crippen molar-refractivity contribution in [1.29, 1.82) is 0 Å². The number of rotatable bonds is 3. The molecule has 0 aliphatic rings. The number of amides is 3. The van der Waals surface area contributed by atoms with Gasteiger partial charge in [0, 0.05) is 5.88 Å². The Kier molecular flexibility index (Phi) is 5.28. The topological polar surface area (TPSA) is 81.4 Å². The minimum absolute atomic E-state index is 0.183. The number of hydrogen-bond donors (Lipinski definition) is 2. The lowest BCUT2D eigenvalue weighted by molar-refractivity contribution is 0.148. The van der Waals surface area contributed by atoms with Gasteiger partial charge in [-0.15, -0.1) is 11.6 Å². The van der Waals surface area contributed by atoms with E-state index in [2.05, 4.69) is 10.5 Å². The number of nitrogens with one attached hydrogen (secondary N) is 1. The molecule has 0 heterocycles. The summed E-state index contributed by atoms with van der Waals surface area (Å²) in [5.74, 6) is 0.407. The van der Waals surface area contributed by atoms with Crippen LogP contribution in [-0.2, 0) is 4.74 Å². The van der Waals surface area contributed by atoms with Crippen LogP contribution in [0.5, 0.6) is 0 Å². The van der Waals surface area contributed by atoms with E-state index in [0.717, 1.165) is 0 Å². The molecule has 0 aromatic carbocycles. The van der Waals surface area contributed by atoms with Gasteiger partial charge < -0.3 is 10.5 Å². The van der Waals surface area contributed by atoms with Gasteiger partial charge >= 0.3 is 12.1 Å². The molecule has 64 valence electrons. The SMILES string of the molecule is NC(=O)NC(=O)OCCCCl. The van der Waals surface area contributed by atoms with E-state index in [1.165, 1.54) is 0 Å². The van der Waals surface area contributed by atoms with Gasteiger partial charge in [0.1, 0.15) is 0 Å². The van der Waals surface area contributed by atoms with E-state index in [0.29, 0.717) is 12.3 Å². The molecule has 3 N–H and O–H groups in total. The smallest absolute Gasteiger partial charge is 0.415 e. The molecule has 0 bridgehead atoms. The van der Waals surface area contributed by atoms with E-state index < -0.39 is 12.1 Å². The van der Waals surface area contributed by atoms with Crippen molar-refractivity contribution in [2.45, 2.75) is 6.42 Å². The largest absolute Gasteiger partial charge is 0.449 e. The van der Waals surface area contributed by atoms with Gasteiger partial charge in [0.25, 0.3) is 0 Å². The van der Waals surface area contributed by atoms with Crippen LogP contribution in [0.25, 0.3) is 0 Å². The molecule has 6 heteroatoms. The first-order valence-corrected chi connectivity index (χ1v) is 3.49. The fourth-order valence-electron chi connectivity index (χ4n) is 0.356. The normalized spacial score (nSPS) is 8.82. The lowest BCUT2D eigenvalue weighted by Gasteiger charge is -2.01. The molecule has 0 aliphatic carbocycles. The molecule has 11 heavy (non-hydrogen) atoms.